The number of aromatic nitrogens is 2. The molecule has 0 spiro atoms. The smallest absolute Gasteiger partial charge is 0.264 e. The molecule has 0 aromatic carbocycles. The topological polar surface area (TPSA) is 64.4 Å². The van der Waals surface area contributed by atoms with Gasteiger partial charge in [0.25, 0.3) is 11.5 Å². The van der Waals surface area contributed by atoms with E-state index in [1.54, 1.807) is 0 Å². The molecule has 1 fully saturated rings. The van der Waals surface area contributed by atoms with Gasteiger partial charge < -0.3 is 9.64 Å². The molecule has 2 aromatic heterocycles. The minimum atomic E-state index is -0.0832. The highest BCUT2D eigenvalue weighted by atomic mass is 32.1. The summed E-state index contributed by atoms with van der Waals surface area (Å²) in [4.78, 5) is 34.5. The van der Waals surface area contributed by atoms with Crippen LogP contribution in [0.1, 0.15) is 67.5 Å². The Hall–Kier alpha value is -1.73. The first kappa shape index (κ1) is 20.5. The van der Waals surface area contributed by atoms with Gasteiger partial charge in [0.2, 0.25) is 0 Å². The number of fused-ring (bicyclic) bond motifs is 2. The van der Waals surface area contributed by atoms with Crippen molar-refractivity contribution >= 4 is 27.5 Å². The van der Waals surface area contributed by atoms with Crippen LogP contribution in [0.4, 0.5) is 0 Å². The van der Waals surface area contributed by atoms with Gasteiger partial charge in [-0.2, -0.15) is 0 Å². The summed E-state index contributed by atoms with van der Waals surface area (Å²) in [6.07, 6.45) is 5.06. The van der Waals surface area contributed by atoms with E-state index in [2.05, 4.69) is 13.8 Å². The summed E-state index contributed by atoms with van der Waals surface area (Å²) < 4.78 is 7.65. The largest absolute Gasteiger partial charge is 0.378 e. The molecule has 6 nitrogen and oxygen atoms in total. The first-order chi connectivity index (χ1) is 13.8. The maximum Gasteiger partial charge on any atom is 0.264 e. The average Bonchev–Trinajstić information content (AvgIpc) is 2.85. The van der Waals surface area contributed by atoms with Crippen molar-refractivity contribution in [3.05, 3.63) is 26.6 Å². The number of ether oxygens (including phenoxy) is 1. The van der Waals surface area contributed by atoms with Gasteiger partial charge in [0.05, 0.1) is 16.4 Å². The average molecular weight is 418 g/mol. The zero-order valence-electron chi connectivity index (χ0n) is 18.1. The summed E-state index contributed by atoms with van der Waals surface area (Å²) >= 11 is 1.37. The van der Waals surface area contributed by atoms with Crippen LogP contribution in [-0.2, 0) is 17.7 Å². The van der Waals surface area contributed by atoms with Crippen molar-refractivity contribution in [2.45, 2.75) is 78.5 Å². The number of hydrogen-bond donors (Lipinski definition) is 0. The van der Waals surface area contributed by atoms with Crippen LogP contribution in [-0.4, -0.2) is 46.2 Å². The highest BCUT2D eigenvalue weighted by molar-refractivity contribution is 7.20. The Balaban J connectivity index is 1.68. The van der Waals surface area contributed by atoms with Gasteiger partial charge in [-0.3, -0.25) is 14.2 Å². The Morgan fingerprint density at radius 1 is 1.34 bits per heavy atom. The summed E-state index contributed by atoms with van der Waals surface area (Å²) in [6, 6.07) is 0.127. The molecular weight excluding hydrogens is 386 g/mol. The SMILES string of the molecule is CCOC1CC(N(C)C(=O)c2sc3nc4n(c(=O)c3c2C)CCCCC4)C1(C)C. The third-order valence-electron chi connectivity index (χ3n) is 6.89. The van der Waals surface area contributed by atoms with Crippen molar-refractivity contribution in [1.29, 1.82) is 0 Å². The molecule has 2 atom stereocenters. The van der Waals surface area contributed by atoms with Crippen LogP contribution >= 0.6 is 11.3 Å². The summed E-state index contributed by atoms with van der Waals surface area (Å²) in [5, 5.41) is 0.623. The standard InChI is InChI=1S/C22H31N3O3S/c1-6-28-15-12-14(22(15,3)4)24(5)21(27)18-13(2)17-19(29-18)23-16-10-8-7-9-11-25(16)20(17)26/h14-15H,6-12H2,1-5H3. The lowest BCUT2D eigenvalue weighted by molar-refractivity contribution is -0.136. The third kappa shape index (κ3) is 3.22. The third-order valence-corrected chi connectivity index (χ3v) is 8.06. The van der Waals surface area contributed by atoms with Crippen LogP contribution in [0.5, 0.6) is 0 Å². The number of aryl methyl sites for hydroxylation is 2. The monoisotopic (exact) mass is 417 g/mol. The lowest BCUT2D eigenvalue weighted by Gasteiger charge is -2.54. The van der Waals surface area contributed by atoms with E-state index in [1.807, 2.05) is 30.4 Å². The van der Waals surface area contributed by atoms with E-state index >= 15 is 0 Å². The van der Waals surface area contributed by atoms with Crippen molar-refractivity contribution < 1.29 is 9.53 Å². The molecule has 4 rings (SSSR count). The summed E-state index contributed by atoms with van der Waals surface area (Å²) in [5.74, 6) is 0.853. The van der Waals surface area contributed by atoms with Gasteiger partial charge in [-0.1, -0.05) is 20.3 Å². The summed E-state index contributed by atoms with van der Waals surface area (Å²) in [6.45, 7) is 9.63. The molecule has 1 saturated carbocycles. The molecular formula is C22H31N3O3S. The quantitative estimate of drug-likeness (QED) is 0.760. The highest BCUT2D eigenvalue weighted by Gasteiger charge is 2.52. The second-order valence-corrected chi connectivity index (χ2v) is 9.96. The van der Waals surface area contributed by atoms with Crippen LogP contribution < -0.4 is 5.56 Å². The van der Waals surface area contributed by atoms with E-state index in [0.717, 1.165) is 50.0 Å². The van der Waals surface area contributed by atoms with Gasteiger partial charge in [0.1, 0.15) is 10.7 Å². The fourth-order valence-corrected chi connectivity index (χ4v) is 6.09. The number of nitrogens with zero attached hydrogens (tertiary/aromatic N) is 3. The number of carbonyl (C=O) groups excluding carboxylic acids is 1. The molecule has 3 heterocycles. The Morgan fingerprint density at radius 3 is 2.79 bits per heavy atom. The molecule has 2 aromatic rings. The van der Waals surface area contributed by atoms with Gasteiger partial charge in [-0.15, -0.1) is 11.3 Å². The van der Waals surface area contributed by atoms with Crippen LogP contribution in [0.2, 0.25) is 0 Å². The number of carbonyl (C=O) groups is 1. The normalized spacial score (nSPS) is 23.3. The number of rotatable bonds is 4. The van der Waals surface area contributed by atoms with Crippen LogP contribution in [0.3, 0.4) is 0 Å². The zero-order valence-corrected chi connectivity index (χ0v) is 18.9. The molecule has 2 unspecified atom stereocenters. The number of thiophene rings is 1. The van der Waals surface area contributed by atoms with E-state index in [-0.39, 0.29) is 29.0 Å². The van der Waals surface area contributed by atoms with E-state index in [4.69, 9.17) is 9.72 Å². The second kappa shape index (κ2) is 7.51. The first-order valence-corrected chi connectivity index (χ1v) is 11.5. The van der Waals surface area contributed by atoms with Crippen molar-refractivity contribution in [3.63, 3.8) is 0 Å². The molecule has 7 heteroatoms. The fraction of sp³-hybridized carbons (Fsp3) is 0.682. The molecule has 0 N–H and O–H groups in total. The highest BCUT2D eigenvalue weighted by Crippen LogP contribution is 2.46. The van der Waals surface area contributed by atoms with Gasteiger partial charge in [0, 0.05) is 38.1 Å². The Bertz CT molecular complexity index is 1010. The summed E-state index contributed by atoms with van der Waals surface area (Å²) in [5.41, 5.74) is 0.709. The van der Waals surface area contributed by atoms with Crippen LogP contribution in [0, 0.1) is 12.3 Å². The molecule has 0 saturated heterocycles. The van der Waals surface area contributed by atoms with Crippen molar-refractivity contribution in [2.24, 2.45) is 5.41 Å². The first-order valence-electron chi connectivity index (χ1n) is 10.7. The minimum absolute atomic E-state index is 0.0156. The molecule has 2 aliphatic rings. The predicted octanol–water partition coefficient (Wildman–Crippen LogP) is 3.77. The van der Waals surface area contributed by atoms with E-state index in [9.17, 15) is 9.59 Å². The van der Waals surface area contributed by atoms with E-state index in [1.165, 1.54) is 11.3 Å². The van der Waals surface area contributed by atoms with Gasteiger partial charge in [-0.05, 0) is 38.7 Å². The van der Waals surface area contributed by atoms with Crippen LogP contribution in [0.25, 0.3) is 10.2 Å². The van der Waals surface area contributed by atoms with E-state index in [0.29, 0.717) is 21.7 Å². The lowest BCUT2D eigenvalue weighted by atomic mass is 9.63. The predicted molar refractivity (Wildman–Crippen MR) is 116 cm³/mol. The summed E-state index contributed by atoms with van der Waals surface area (Å²) in [7, 11) is 1.87. The van der Waals surface area contributed by atoms with Crippen molar-refractivity contribution in [2.75, 3.05) is 13.7 Å². The molecule has 0 radical (unpaired) electrons. The van der Waals surface area contributed by atoms with Gasteiger partial charge >= 0.3 is 0 Å². The molecule has 1 aliphatic heterocycles. The second-order valence-electron chi connectivity index (χ2n) is 8.96. The maximum absolute atomic E-state index is 13.4. The molecule has 1 amide bonds. The van der Waals surface area contributed by atoms with E-state index < -0.39 is 0 Å². The van der Waals surface area contributed by atoms with Crippen LogP contribution in [0.15, 0.2) is 4.79 Å². The fourth-order valence-electron chi connectivity index (χ4n) is 4.92. The minimum Gasteiger partial charge on any atom is -0.378 e. The number of amides is 1. The van der Waals surface area contributed by atoms with Crippen molar-refractivity contribution in [1.82, 2.24) is 14.5 Å². The maximum atomic E-state index is 13.4. The zero-order chi connectivity index (χ0) is 20.9. The lowest BCUT2D eigenvalue weighted by Crippen LogP contribution is -2.62. The Morgan fingerprint density at radius 2 is 2.10 bits per heavy atom. The van der Waals surface area contributed by atoms with Gasteiger partial charge in [0.15, 0.2) is 0 Å². The number of hydrogen-bond acceptors (Lipinski definition) is 5. The van der Waals surface area contributed by atoms with Crippen molar-refractivity contribution in [3.8, 4) is 0 Å². The molecule has 0 bridgehead atoms. The molecule has 158 valence electrons. The Labute approximate surface area is 175 Å². The molecule has 29 heavy (non-hydrogen) atoms. The Kier molecular flexibility index (Phi) is 5.32. The van der Waals surface area contributed by atoms with Gasteiger partial charge in [-0.25, -0.2) is 4.98 Å². The molecule has 1 aliphatic carbocycles.